The number of sulfonamides is 1. The van der Waals surface area contributed by atoms with E-state index in [0.717, 1.165) is 19.4 Å². The Morgan fingerprint density at radius 2 is 1.87 bits per heavy atom. The van der Waals surface area contributed by atoms with Crippen molar-refractivity contribution in [3.63, 3.8) is 0 Å². The van der Waals surface area contributed by atoms with E-state index >= 15 is 0 Å². The van der Waals surface area contributed by atoms with Gasteiger partial charge in [0.2, 0.25) is 10.0 Å². The summed E-state index contributed by atoms with van der Waals surface area (Å²) in [6.45, 7) is 8.11. The van der Waals surface area contributed by atoms with E-state index in [0.29, 0.717) is 19.0 Å². The van der Waals surface area contributed by atoms with Gasteiger partial charge in [0.15, 0.2) is 0 Å². The van der Waals surface area contributed by atoms with Crippen molar-refractivity contribution < 1.29 is 8.42 Å². The molecule has 0 aromatic carbocycles. The van der Waals surface area contributed by atoms with E-state index in [9.17, 15) is 8.42 Å². The van der Waals surface area contributed by atoms with E-state index in [1.807, 2.05) is 6.92 Å². The maximum Gasteiger partial charge on any atom is 0.212 e. The molecule has 0 aromatic heterocycles. The highest BCUT2D eigenvalue weighted by molar-refractivity contribution is 7.89. The third-order valence-electron chi connectivity index (χ3n) is 2.32. The van der Waals surface area contributed by atoms with Crippen LogP contribution in [0.1, 0.15) is 33.6 Å². The van der Waals surface area contributed by atoms with Crippen molar-refractivity contribution in [2.45, 2.75) is 33.6 Å². The molecular formula is C10H24N2O2S. The average molecular weight is 236 g/mol. The normalized spacial score (nSPS) is 14.1. The van der Waals surface area contributed by atoms with Gasteiger partial charge in [-0.2, -0.15) is 0 Å². The van der Waals surface area contributed by atoms with Crippen LogP contribution in [-0.2, 0) is 10.0 Å². The van der Waals surface area contributed by atoms with Gasteiger partial charge in [0, 0.05) is 13.1 Å². The van der Waals surface area contributed by atoms with Crippen LogP contribution in [0.15, 0.2) is 0 Å². The first-order chi connectivity index (χ1) is 7.02. The van der Waals surface area contributed by atoms with Crippen LogP contribution < -0.4 is 10.0 Å². The summed E-state index contributed by atoms with van der Waals surface area (Å²) in [5.41, 5.74) is 0. The lowest BCUT2D eigenvalue weighted by atomic mass is 10.1. The predicted octanol–water partition coefficient (Wildman–Crippen LogP) is 0.952. The summed E-state index contributed by atoms with van der Waals surface area (Å²) < 4.78 is 25.5. The van der Waals surface area contributed by atoms with E-state index < -0.39 is 10.0 Å². The van der Waals surface area contributed by atoms with E-state index in [-0.39, 0.29) is 5.75 Å². The molecule has 0 radical (unpaired) electrons. The van der Waals surface area contributed by atoms with Crippen LogP contribution >= 0.6 is 0 Å². The third kappa shape index (κ3) is 8.84. The van der Waals surface area contributed by atoms with Crippen molar-refractivity contribution in [2.24, 2.45) is 5.92 Å². The minimum absolute atomic E-state index is 0.170. The second kappa shape index (κ2) is 8.07. The predicted molar refractivity (Wildman–Crippen MR) is 64.4 cm³/mol. The van der Waals surface area contributed by atoms with Gasteiger partial charge in [0.05, 0.1) is 5.75 Å². The van der Waals surface area contributed by atoms with Crippen molar-refractivity contribution in [2.75, 3.05) is 25.4 Å². The van der Waals surface area contributed by atoms with Crippen LogP contribution in [0.5, 0.6) is 0 Å². The first-order valence-electron chi connectivity index (χ1n) is 5.69. The number of hydrogen-bond donors (Lipinski definition) is 2. The molecule has 0 saturated carbocycles. The van der Waals surface area contributed by atoms with Gasteiger partial charge in [-0.15, -0.1) is 0 Å². The zero-order valence-corrected chi connectivity index (χ0v) is 10.9. The Labute approximate surface area is 93.9 Å². The highest BCUT2D eigenvalue weighted by atomic mass is 32.2. The molecule has 0 aliphatic heterocycles. The Morgan fingerprint density at radius 3 is 2.40 bits per heavy atom. The molecule has 2 N–H and O–H groups in total. The Kier molecular flexibility index (Phi) is 8.00. The summed E-state index contributed by atoms with van der Waals surface area (Å²) in [5, 5.41) is 3.07. The molecule has 0 aliphatic carbocycles. The molecule has 0 aromatic rings. The zero-order valence-electron chi connectivity index (χ0n) is 10.0. The first kappa shape index (κ1) is 14.9. The van der Waals surface area contributed by atoms with Gasteiger partial charge < -0.3 is 5.32 Å². The molecule has 0 saturated heterocycles. The van der Waals surface area contributed by atoms with E-state index in [1.54, 1.807) is 0 Å². The number of hydrogen-bond acceptors (Lipinski definition) is 3. The number of rotatable bonds is 9. The molecule has 0 fully saturated rings. The first-order valence-corrected chi connectivity index (χ1v) is 7.35. The summed E-state index contributed by atoms with van der Waals surface area (Å²) in [6.07, 6.45) is 2.02. The lowest BCUT2D eigenvalue weighted by Crippen LogP contribution is -2.34. The molecule has 5 heteroatoms. The van der Waals surface area contributed by atoms with Crippen LogP contribution in [0.4, 0.5) is 0 Å². The molecule has 92 valence electrons. The van der Waals surface area contributed by atoms with Crippen molar-refractivity contribution in [3.05, 3.63) is 0 Å². The van der Waals surface area contributed by atoms with Crippen molar-refractivity contribution in [3.8, 4) is 0 Å². The Hall–Kier alpha value is -0.130. The SMILES string of the molecule is CCCNCCS(=O)(=O)NCC(C)CC. The monoisotopic (exact) mass is 236 g/mol. The van der Waals surface area contributed by atoms with E-state index in [4.69, 9.17) is 0 Å². The molecule has 0 amide bonds. The second-order valence-electron chi connectivity index (χ2n) is 3.93. The van der Waals surface area contributed by atoms with Crippen LogP contribution in [0.2, 0.25) is 0 Å². The van der Waals surface area contributed by atoms with Crippen LogP contribution in [0.25, 0.3) is 0 Å². The lowest BCUT2D eigenvalue weighted by Gasteiger charge is -2.10. The second-order valence-corrected chi connectivity index (χ2v) is 5.86. The van der Waals surface area contributed by atoms with Gasteiger partial charge in [0.1, 0.15) is 0 Å². The standard InChI is InChI=1S/C10H24N2O2S/c1-4-6-11-7-8-15(13,14)12-9-10(3)5-2/h10-12H,4-9H2,1-3H3. The van der Waals surface area contributed by atoms with E-state index in [1.165, 1.54) is 0 Å². The summed E-state index contributed by atoms with van der Waals surface area (Å²) in [4.78, 5) is 0. The maximum atomic E-state index is 11.5. The van der Waals surface area contributed by atoms with Gasteiger partial charge >= 0.3 is 0 Å². The fourth-order valence-electron chi connectivity index (χ4n) is 0.994. The van der Waals surface area contributed by atoms with Crippen molar-refractivity contribution in [1.82, 2.24) is 10.0 Å². The minimum atomic E-state index is -3.08. The third-order valence-corrected chi connectivity index (χ3v) is 3.67. The summed E-state index contributed by atoms with van der Waals surface area (Å²) >= 11 is 0. The Morgan fingerprint density at radius 1 is 1.20 bits per heavy atom. The average Bonchev–Trinajstić information content (AvgIpc) is 2.21. The molecule has 15 heavy (non-hydrogen) atoms. The number of nitrogens with one attached hydrogen (secondary N) is 2. The van der Waals surface area contributed by atoms with Gasteiger partial charge in [-0.25, -0.2) is 13.1 Å². The largest absolute Gasteiger partial charge is 0.316 e. The molecular weight excluding hydrogens is 212 g/mol. The molecule has 1 atom stereocenters. The maximum absolute atomic E-state index is 11.5. The van der Waals surface area contributed by atoms with Gasteiger partial charge in [0.25, 0.3) is 0 Å². The summed E-state index contributed by atoms with van der Waals surface area (Å²) in [5.74, 6) is 0.576. The molecule has 0 aliphatic rings. The molecule has 0 bridgehead atoms. The Balaban J connectivity index is 3.68. The minimum Gasteiger partial charge on any atom is -0.316 e. The topological polar surface area (TPSA) is 58.2 Å². The zero-order chi connectivity index (χ0) is 11.7. The van der Waals surface area contributed by atoms with E-state index in [2.05, 4.69) is 23.9 Å². The highest BCUT2D eigenvalue weighted by Gasteiger charge is 2.10. The lowest BCUT2D eigenvalue weighted by molar-refractivity contribution is 0.527. The summed E-state index contributed by atoms with van der Waals surface area (Å²) in [6, 6.07) is 0. The van der Waals surface area contributed by atoms with Crippen molar-refractivity contribution in [1.29, 1.82) is 0 Å². The quantitative estimate of drug-likeness (QED) is 0.586. The molecule has 0 rings (SSSR count). The van der Waals surface area contributed by atoms with Gasteiger partial charge in [-0.05, 0) is 18.9 Å². The van der Waals surface area contributed by atoms with Gasteiger partial charge in [-0.3, -0.25) is 0 Å². The molecule has 1 unspecified atom stereocenters. The Bertz CT molecular complexity index is 240. The fourth-order valence-corrected chi connectivity index (χ4v) is 2.09. The summed E-state index contributed by atoms with van der Waals surface area (Å²) in [7, 11) is -3.08. The smallest absolute Gasteiger partial charge is 0.212 e. The fraction of sp³-hybridized carbons (Fsp3) is 1.00. The van der Waals surface area contributed by atoms with Crippen LogP contribution in [-0.4, -0.2) is 33.8 Å². The molecule has 0 spiro atoms. The van der Waals surface area contributed by atoms with Crippen LogP contribution in [0.3, 0.4) is 0 Å². The highest BCUT2D eigenvalue weighted by Crippen LogP contribution is 1.98. The molecule has 0 heterocycles. The van der Waals surface area contributed by atoms with Crippen LogP contribution in [0, 0.1) is 5.92 Å². The molecule has 4 nitrogen and oxygen atoms in total. The van der Waals surface area contributed by atoms with Crippen molar-refractivity contribution >= 4 is 10.0 Å². The van der Waals surface area contributed by atoms with Gasteiger partial charge in [-0.1, -0.05) is 27.2 Å².